The van der Waals surface area contributed by atoms with Gasteiger partial charge in [-0.25, -0.2) is 0 Å². The summed E-state index contributed by atoms with van der Waals surface area (Å²) in [6.45, 7) is 6.55. The fourth-order valence-electron chi connectivity index (χ4n) is 2.99. The van der Waals surface area contributed by atoms with Crippen molar-refractivity contribution in [1.29, 1.82) is 0 Å². The Kier molecular flexibility index (Phi) is 10.6. The lowest BCUT2D eigenvalue weighted by Gasteiger charge is -2.28. The maximum atomic E-state index is 12.9. The van der Waals surface area contributed by atoms with Crippen molar-refractivity contribution in [2.75, 3.05) is 6.54 Å². The molecule has 4 atom stereocenters. The largest absolute Gasteiger partial charge is 0.508 e. The summed E-state index contributed by atoms with van der Waals surface area (Å²) in [5.74, 6) is -3.32. The summed E-state index contributed by atoms with van der Waals surface area (Å²) < 4.78 is 0. The highest BCUT2D eigenvalue weighted by molar-refractivity contribution is 5.94. The first-order chi connectivity index (χ1) is 15.0. The third-order valence-electron chi connectivity index (χ3n) is 5.18. The van der Waals surface area contributed by atoms with Gasteiger partial charge in [-0.3, -0.25) is 19.2 Å². The molecule has 1 aromatic rings. The highest BCUT2D eigenvalue weighted by Crippen LogP contribution is 2.12. The average molecular weight is 451 g/mol. The molecule has 3 amide bonds. The summed E-state index contributed by atoms with van der Waals surface area (Å²) in [5.41, 5.74) is 6.75. The number of aliphatic carboxylic acids is 1. The first-order valence-corrected chi connectivity index (χ1v) is 10.6. The number of phenolic OH excluding ortho intramolecular Hbond substituents is 1. The lowest BCUT2D eigenvalue weighted by molar-refractivity contribution is -0.139. The number of phenols is 1. The normalized spacial score (nSPS) is 14.7. The number of hydrogen-bond acceptors (Lipinski definition) is 6. The molecule has 10 heteroatoms. The lowest BCUT2D eigenvalue weighted by Crippen LogP contribution is -2.59. The van der Waals surface area contributed by atoms with E-state index in [1.165, 1.54) is 12.1 Å². The molecule has 0 fully saturated rings. The van der Waals surface area contributed by atoms with Crippen molar-refractivity contribution < 1.29 is 29.4 Å². The number of rotatable bonds is 12. The van der Waals surface area contributed by atoms with Crippen molar-refractivity contribution in [3.63, 3.8) is 0 Å². The van der Waals surface area contributed by atoms with E-state index in [9.17, 15) is 24.3 Å². The molecule has 0 heterocycles. The number of nitrogens with two attached hydrogens (primary N) is 1. The van der Waals surface area contributed by atoms with Crippen LogP contribution in [-0.4, -0.2) is 58.6 Å². The number of carboxylic acid groups (broad SMARTS) is 1. The Morgan fingerprint density at radius 2 is 1.50 bits per heavy atom. The van der Waals surface area contributed by atoms with Gasteiger partial charge >= 0.3 is 5.97 Å². The highest BCUT2D eigenvalue weighted by atomic mass is 16.4. The predicted octanol–water partition coefficient (Wildman–Crippen LogP) is 0.135. The standard InChI is InChI=1S/C22H34N4O6/c1-5-13(4)19(21(31)24-11-17(28)29)26-22(32)18(12(2)3)25-20(30)16(23)10-14-6-8-15(27)9-7-14/h6-9,12-13,16,18-19,27H,5,10-11,23H2,1-4H3,(H,24,31)(H,25,30)(H,26,32)(H,28,29). The Morgan fingerprint density at radius 3 is 2.00 bits per heavy atom. The van der Waals surface area contributed by atoms with E-state index >= 15 is 0 Å². The van der Waals surface area contributed by atoms with Crippen molar-refractivity contribution in [3.05, 3.63) is 29.8 Å². The number of benzene rings is 1. The van der Waals surface area contributed by atoms with E-state index < -0.39 is 48.4 Å². The van der Waals surface area contributed by atoms with Crippen LogP contribution in [0.15, 0.2) is 24.3 Å². The summed E-state index contributed by atoms with van der Waals surface area (Å²) >= 11 is 0. The second-order valence-corrected chi connectivity index (χ2v) is 8.19. The Morgan fingerprint density at radius 1 is 0.938 bits per heavy atom. The minimum Gasteiger partial charge on any atom is -0.508 e. The van der Waals surface area contributed by atoms with Crippen LogP contribution in [0.25, 0.3) is 0 Å². The van der Waals surface area contributed by atoms with Crippen LogP contribution in [0.5, 0.6) is 5.75 Å². The van der Waals surface area contributed by atoms with E-state index in [4.69, 9.17) is 10.8 Å². The van der Waals surface area contributed by atoms with E-state index in [0.717, 1.165) is 5.56 Å². The topological polar surface area (TPSA) is 171 Å². The number of carboxylic acids is 1. The number of carbonyl (C=O) groups is 4. The second kappa shape index (κ2) is 12.7. The molecule has 178 valence electrons. The maximum Gasteiger partial charge on any atom is 0.322 e. The zero-order chi connectivity index (χ0) is 24.4. The Balaban J connectivity index is 2.85. The Hall–Kier alpha value is -3.14. The smallest absolute Gasteiger partial charge is 0.322 e. The molecule has 1 aromatic carbocycles. The molecule has 0 saturated heterocycles. The van der Waals surface area contributed by atoms with Gasteiger partial charge in [-0.15, -0.1) is 0 Å². The number of nitrogens with one attached hydrogen (secondary N) is 3. The molecule has 10 nitrogen and oxygen atoms in total. The van der Waals surface area contributed by atoms with E-state index in [2.05, 4.69) is 16.0 Å². The minimum absolute atomic E-state index is 0.103. The summed E-state index contributed by atoms with van der Waals surface area (Å²) in [4.78, 5) is 48.7. The molecule has 0 aliphatic heterocycles. The van der Waals surface area contributed by atoms with Gasteiger partial charge in [-0.2, -0.15) is 0 Å². The van der Waals surface area contributed by atoms with Crippen LogP contribution in [0, 0.1) is 11.8 Å². The minimum atomic E-state index is -1.19. The van der Waals surface area contributed by atoms with Crippen molar-refractivity contribution in [1.82, 2.24) is 16.0 Å². The SMILES string of the molecule is CCC(C)C(NC(=O)C(NC(=O)C(N)Cc1ccc(O)cc1)C(C)C)C(=O)NCC(=O)O. The third kappa shape index (κ3) is 8.54. The predicted molar refractivity (Wildman–Crippen MR) is 119 cm³/mol. The molecule has 7 N–H and O–H groups in total. The van der Waals surface area contributed by atoms with E-state index in [0.29, 0.717) is 6.42 Å². The number of aromatic hydroxyl groups is 1. The fourth-order valence-corrected chi connectivity index (χ4v) is 2.99. The molecule has 0 aliphatic carbocycles. The van der Waals surface area contributed by atoms with Gasteiger partial charge in [0.2, 0.25) is 17.7 Å². The monoisotopic (exact) mass is 450 g/mol. The van der Waals surface area contributed by atoms with Crippen molar-refractivity contribution in [3.8, 4) is 5.75 Å². The van der Waals surface area contributed by atoms with Gasteiger partial charge in [0, 0.05) is 0 Å². The Labute approximate surface area is 187 Å². The summed E-state index contributed by atoms with van der Waals surface area (Å²) in [7, 11) is 0. The molecule has 0 saturated carbocycles. The van der Waals surface area contributed by atoms with Gasteiger partial charge in [-0.05, 0) is 36.0 Å². The Bertz CT molecular complexity index is 796. The quantitative estimate of drug-likeness (QED) is 0.263. The number of hydrogen-bond donors (Lipinski definition) is 6. The third-order valence-corrected chi connectivity index (χ3v) is 5.18. The van der Waals surface area contributed by atoms with E-state index in [1.54, 1.807) is 32.9 Å². The molecule has 1 rings (SSSR count). The molecule has 32 heavy (non-hydrogen) atoms. The van der Waals surface area contributed by atoms with Crippen LogP contribution in [0.3, 0.4) is 0 Å². The van der Waals surface area contributed by atoms with Crippen LogP contribution in [0.4, 0.5) is 0 Å². The summed E-state index contributed by atoms with van der Waals surface area (Å²) in [6.07, 6.45) is 0.785. The number of amides is 3. The molecule has 0 bridgehead atoms. The lowest BCUT2D eigenvalue weighted by atomic mass is 9.96. The summed E-state index contributed by atoms with van der Waals surface area (Å²) in [6, 6.07) is 3.49. The summed E-state index contributed by atoms with van der Waals surface area (Å²) in [5, 5.41) is 25.7. The van der Waals surface area contributed by atoms with Crippen molar-refractivity contribution >= 4 is 23.7 Å². The molecular formula is C22H34N4O6. The van der Waals surface area contributed by atoms with Crippen LogP contribution in [0.1, 0.15) is 39.7 Å². The van der Waals surface area contributed by atoms with Crippen molar-refractivity contribution in [2.45, 2.75) is 58.7 Å². The van der Waals surface area contributed by atoms with Gasteiger partial charge in [0.05, 0.1) is 6.04 Å². The van der Waals surface area contributed by atoms with Gasteiger partial charge in [0.1, 0.15) is 24.4 Å². The zero-order valence-corrected chi connectivity index (χ0v) is 18.9. The molecule has 0 aliphatic rings. The van der Waals surface area contributed by atoms with Gasteiger partial charge in [0.15, 0.2) is 0 Å². The van der Waals surface area contributed by atoms with Gasteiger partial charge in [0.25, 0.3) is 0 Å². The van der Waals surface area contributed by atoms with E-state index in [-0.39, 0.29) is 24.0 Å². The van der Waals surface area contributed by atoms with Gasteiger partial charge in [-0.1, -0.05) is 46.2 Å². The van der Waals surface area contributed by atoms with Crippen LogP contribution in [-0.2, 0) is 25.6 Å². The number of carbonyl (C=O) groups excluding carboxylic acids is 3. The van der Waals surface area contributed by atoms with Crippen LogP contribution < -0.4 is 21.7 Å². The molecule has 0 radical (unpaired) electrons. The first kappa shape index (κ1) is 26.9. The average Bonchev–Trinajstić information content (AvgIpc) is 2.74. The van der Waals surface area contributed by atoms with Crippen LogP contribution >= 0.6 is 0 Å². The second-order valence-electron chi connectivity index (χ2n) is 8.19. The maximum absolute atomic E-state index is 12.9. The van der Waals surface area contributed by atoms with E-state index in [1.807, 2.05) is 6.92 Å². The van der Waals surface area contributed by atoms with Crippen molar-refractivity contribution in [2.24, 2.45) is 17.6 Å². The zero-order valence-electron chi connectivity index (χ0n) is 18.9. The molecular weight excluding hydrogens is 416 g/mol. The first-order valence-electron chi connectivity index (χ1n) is 10.6. The molecule has 4 unspecified atom stereocenters. The van der Waals surface area contributed by atoms with Crippen LogP contribution in [0.2, 0.25) is 0 Å². The highest BCUT2D eigenvalue weighted by Gasteiger charge is 2.32. The molecule has 0 aromatic heterocycles. The molecule has 0 spiro atoms. The fraction of sp³-hybridized carbons (Fsp3) is 0.545. The van der Waals surface area contributed by atoms with Gasteiger partial charge < -0.3 is 31.9 Å².